The number of H-pyrrole nitrogens is 1. The van der Waals surface area contributed by atoms with Crippen molar-refractivity contribution in [2.45, 2.75) is 62.7 Å². The van der Waals surface area contributed by atoms with Gasteiger partial charge in [0.2, 0.25) is 17.7 Å². The van der Waals surface area contributed by atoms with Crippen LogP contribution in [0.5, 0.6) is 0 Å². The maximum Gasteiger partial charge on any atom is 0.326 e. The van der Waals surface area contributed by atoms with Crippen molar-refractivity contribution in [3.8, 4) is 0 Å². The smallest absolute Gasteiger partial charge is 0.326 e. The summed E-state index contributed by atoms with van der Waals surface area (Å²) in [6.07, 6.45) is 5.98. The highest BCUT2D eigenvalue weighted by molar-refractivity contribution is 7.98. The average molecular weight is 599 g/mol. The van der Waals surface area contributed by atoms with Crippen molar-refractivity contribution in [1.82, 2.24) is 25.9 Å². The third kappa shape index (κ3) is 14.8. The Morgan fingerprint density at radius 2 is 1.41 bits per heavy atom. The van der Waals surface area contributed by atoms with Crippen LogP contribution in [0.25, 0.3) is 0 Å². The van der Waals surface area contributed by atoms with Gasteiger partial charge in [-0.1, -0.05) is 0 Å². The minimum Gasteiger partial charge on any atom is -0.480 e. The van der Waals surface area contributed by atoms with Crippen LogP contribution in [-0.2, 0) is 25.6 Å². The SMILES string of the molecule is CSCCC(NC(=O)C(CCCN=C(N)N)NC(=O)C(CCCN=C(N)N)NC(=O)C(N)Cc1cnc[nH]1)C(=O)O. The summed E-state index contributed by atoms with van der Waals surface area (Å²) in [4.78, 5) is 65.5. The summed E-state index contributed by atoms with van der Waals surface area (Å²) in [5.74, 6) is -2.92. The number of guanidine groups is 2. The number of carboxylic acids is 1. The monoisotopic (exact) mass is 598 g/mol. The normalized spacial score (nSPS) is 13.6. The molecule has 1 aromatic rings. The van der Waals surface area contributed by atoms with Crippen LogP contribution >= 0.6 is 11.8 Å². The van der Waals surface area contributed by atoms with E-state index in [9.17, 15) is 24.3 Å². The Hall–Kier alpha value is -4.06. The fourth-order valence-corrected chi connectivity index (χ4v) is 4.06. The predicted octanol–water partition coefficient (Wildman–Crippen LogP) is -3.32. The molecule has 15 N–H and O–H groups in total. The molecule has 0 aliphatic heterocycles. The van der Waals surface area contributed by atoms with Crippen molar-refractivity contribution in [2.75, 3.05) is 25.1 Å². The number of aromatic nitrogens is 2. The first-order chi connectivity index (χ1) is 19.4. The van der Waals surface area contributed by atoms with Crippen molar-refractivity contribution in [1.29, 1.82) is 0 Å². The second-order valence-electron chi connectivity index (χ2n) is 9.09. The van der Waals surface area contributed by atoms with Gasteiger partial charge in [0.15, 0.2) is 11.9 Å². The fraction of sp³-hybridized carbons (Fsp3) is 0.609. The number of aliphatic imine (C=N–C) groups is 2. The predicted molar refractivity (Wildman–Crippen MR) is 157 cm³/mol. The van der Waals surface area contributed by atoms with Crippen LogP contribution in [0, 0.1) is 0 Å². The Morgan fingerprint density at radius 3 is 1.85 bits per heavy atom. The van der Waals surface area contributed by atoms with E-state index in [1.165, 1.54) is 24.3 Å². The Bertz CT molecular complexity index is 1030. The van der Waals surface area contributed by atoms with Crippen molar-refractivity contribution >= 4 is 47.4 Å². The number of nitrogens with zero attached hydrogens (tertiary/aromatic N) is 3. The number of hydrogen-bond donors (Lipinski definition) is 10. The van der Waals surface area contributed by atoms with Gasteiger partial charge in [-0.15, -0.1) is 0 Å². The van der Waals surface area contributed by atoms with Crippen molar-refractivity contribution in [3.63, 3.8) is 0 Å². The number of nitrogens with one attached hydrogen (secondary N) is 4. The highest BCUT2D eigenvalue weighted by atomic mass is 32.2. The van der Waals surface area contributed by atoms with E-state index in [-0.39, 0.29) is 50.7 Å². The molecule has 0 fully saturated rings. The molecule has 0 saturated heterocycles. The number of rotatable bonds is 20. The second-order valence-corrected chi connectivity index (χ2v) is 10.1. The molecule has 0 aromatic carbocycles. The lowest BCUT2D eigenvalue weighted by Crippen LogP contribution is -2.57. The maximum absolute atomic E-state index is 13.4. The highest BCUT2D eigenvalue weighted by Gasteiger charge is 2.30. The summed E-state index contributed by atoms with van der Waals surface area (Å²) >= 11 is 1.43. The third-order valence-corrected chi connectivity index (χ3v) is 6.36. The van der Waals surface area contributed by atoms with E-state index in [2.05, 4.69) is 35.9 Å². The van der Waals surface area contributed by atoms with E-state index in [0.717, 1.165) is 0 Å². The van der Waals surface area contributed by atoms with Crippen molar-refractivity contribution < 1.29 is 24.3 Å². The quantitative estimate of drug-likeness (QED) is 0.0400. The summed E-state index contributed by atoms with van der Waals surface area (Å²) < 4.78 is 0. The van der Waals surface area contributed by atoms with Gasteiger partial charge in [0.1, 0.15) is 18.1 Å². The first-order valence-corrected chi connectivity index (χ1v) is 14.3. The molecule has 0 saturated carbocycles. The molecule has 18 heteroatoms. The molecule has 1 rings (SSSR count). The summed E-state index contributed by atoms with van der Waals surface area (Å²) in [7, 11) is 0. The van der Waals surface area contributed by atoms with E-state index in [1.54, 1.807) is 0 Å². The number of carbonyl (C=O) groups is 4. The number of hydrogen-bond acceptors (Lipinski definition) is 9. The molecule has 41 heavy (non-hydrogen) atoms. The van der Waals surface area contributed by atoms with E-state index in [1.807, 2.05) is 6.26 Å². The number of imidazole rings is 1. The third-order valence-electron chi connectivity index (χ3n) is 5.71. The Kier molecular flexibility index (Phi) is 16.3. The van der Waals surface area contributed by atoms with Gasteiger partial charge in [-0.25, -0.2) is 9.78 Å². The van der Waals surface area contributed by atoms with Crippen LogP contribution in [0.15, 0.2) is 22.5 Å². The first kappa shape index (κ1) is 35.0. The van der Waals surface area contributed by atoms with Crippen LogP contribution in [-0.4, -0.2) is 99.9 Å². The summed E-state index contributed by atoms with van der Waals surface area (Å²) in [5, 5.41) is 17.3. The second kappa shape index (κ2) is 19.1. The van der Waals surface area contributed by atoms with Gasteiger partial charge in [-0.05, 0) is 44.1 Å². The molecule has 17 nitrogen and oxygen atoms in total. The fourth-order valence-electron chi connectivity index (χ4n) is 3.59. The van der Waals surface area contributed by atoms with Gasteiger partial charge in [0, 0.05) is 31.4 Å². The molecule has 3 amide bonds. The largest absolute Gasteiger partial charge is 0.480 e. The first-order valence-electron chi connectivity index (χ1n) is 12.9. The molecule has 0 bridgehead atoms. The Morgan fingerprint density at radius 1 is 0.902 bits per heavy atom. The molecular formula is C23H42N12O5S. The number of carbonyl (C=O) groups excluding carboxylic acids is 3. The topological polar surface area (TPSA) is 308 Å². The lowest BCUT2D eigenvalue weighted by atomic mass is 10.1. The number of nitrogens with two attached hydrogens (primary N) is 5. The standard InChI is InChI=1S/C23H42N12O5S/c1-41-9-6-17(21(39)40)35-20(38)16(5-3-8-31-23(27)28)34-19(37)15(4-2-7-30-22(25)26)33-18(36)14(24)10-13-11-29-12-32-13/h11-12,14-17H,2-10,24H2,1H3,(H,29,32)(H,33,36)(H,34,37)(H,35,38)(H,39,40)(H4,25,26,30)(H4,27,28,31). The Balaban J connectivity index is 3.06. The van der Waals surface area contributed by atoms with E-state index in [4.69, 9.17) is 28.7 Å². The highest BCUT2D eigenvalue weighted by Crippen LogP contribution is 2.07. The Labute approximate surface area is 242 Å². The van der Waals surface area contributed by atoms with Crippen LogP contribution < -0.4 is 44.6 Å². The van der Waals surface area contributed by atoms with Gasteiger partial charge in [-0.2, -0.15) is 11.8 Å². The van der Waals surface area contributed by atoms with Gasteiger partial charge in [0.25, 0.3) is 0 Å². The molecule has 0 radical (unpaired) electrons. The van der Waals surface area contributed by atoms with E-state index in [0.29, 0.717) is 24.3 Å². The lowest BCUT2D eigenvalue weighted by Gasteiger charge is -2.25. The molecule has 230 valence electrons. The number of aliphatic carboxylic acids is 1. The molecular weight excluding hydrogens is 556 g/mol. The summed E-state index contributed by atoms with van der Waals surface area (Å²) in [6, 6.07) is -4.37. The number of thioether (sulfide) groups is 1. The van der Waals surface area contributed by atoms with Crippen LogP contribution in [0.4, 0.5) is 0 Å². The van der Waals surface area contributed by atoms with Gasteiger partial charge >= 0.3 is 5.97 Å². The van der Waals surface area contributed by atoms with Crippen molar-refractivity contribution in [2.24, 2.45) is 38.7 Å². The zero-order chi connectivity index (χ0) is 30.8. The molecule has 4 atom stereocenters. The minimum absolute atomic E-state index is 0.0945. The molecule has 0 aliphatic rings. The number of aromatic amines is 1. The summed E-state index contributed by atoms with van der Waals surface area (Å²) in [5.41, 5.74) is 28.1. The average Bonchev–Trinajstić information content (AvgIpc) is 3.42. The molecule has 4 unspecified atom stereocenters. The van der Waals surface area contributed by atoms with Crippen LogP contribution in [0.1, 0.15) is 37.8 Å². The van der Waals surface area contributed by atoms with Crippen molar-refractivity contribution in [3.05, 3.63) is 18.2 Å². The maximum atomic E-state index is 13.4. The lowest BCUT2D eigenvalue weighted by molar-refractivity contribution is -0.142. The van der Waals surface area contributed by atoms with Gasteiger partial charge < -0.3 is 54.7 Å². The number of amides is 3. The van der Waals surface area contributed by atoms with E-state index < -0.39 is 47.9 Å². The summed E-state index contributed by atoms with van der Waals surface area (Å²) in [6.45, 7) is 0.373. The number of carboxylic acid groups (broad SMARTS) is 1. The molecule has 0 spiro atoms. The zero-order valence-corrected chi connectivity index (χ0v) is 23.9. The molecule has 1 aromatic heterocycles. The van der Waals surface area contributed by atoms with Crippen LogP contribution in [0.3, 0.4) is 0 Å². The molecule has 1 heterocycles. The van der Waals surface area contributed by atoms with Crippen LogP contribution in [0.2, 0.25) is 0 Å². The van der Waals surface area contributed by atoms with E-state index >= 15 is 0 Å². The minimum atomic E-state index is -1.20. The van der Waals surface area contributed by atoms with Gasteiger partial charge in [-0.3, -0.25) is 24.4 Å². The van der Waals surface area contributed by atoms with Gasteiger partial charge in [0.05, 0.1) is 12.4 Å². The molecule has 0 aliphatic carbocycles. The zero-order valence-electron chi connectivity index (χ0n) is 23.0.